The van der Waals surface area contributed by atoms with Crippen molar-refractivity contribution in [3.8, 4) is 0 Å². The number of imide groups is 1. The van der Waals surface area contributed by atoms with Crippen LogP contribution < -0.4 is 4.90 Å². The first-order valence-electron chi connectivity index (χ1n) is 9.58. The molecule has 1 fully saturated rings. The molecule has 0 saturated heterocycles. The van der Waals surface area contributed by atoms with Crippen LogP contribution in [0.3, 0.4) is 0 Å². The van der Waals surface area contributed by atoms with Crippen LogP contribution in [0, 0.1) is 5.92 Å². The first kappa shape index (κ1) is 17.6. The van der Waals surface area contributed by atoms with E-state index in [1.54, 1.807) is 36.7 Å². The lowest BCUT2D eigenvalue weighted by atomic mass is 9.85. The Bertz CT molecular complexity index is 878. The minimum atomic E-state index is -0.560. The largest absolute Gasteiger partial charge is 0.293 e. The fourth-order valence-electron chi connectivity index (χ4n) is 4.02. The van der Waals surface area contributed by atoms with E-state index in [4.69, 9.17) is 4.99 Å². The molecule has 4 rings (SSSR count). The lowest BCUT2D eigenvalue weighted by Gasteiger charge is -2.31. The number of pyridine rings is 1. The van der Waals surface area contributed by atoms with Gasteiger partial charge in [0.05, 0.1) is 12.0 Å². The highest BCUT2D eigenvalue weighted by Crippen LogP contribution is 2.32. The molecule has 27 heavy (non-hydrogen) atoms. The molecule has 5 nitrogen and oxygen atoms in total. The van der Waals surface area contributed by atoms with Crippen molar-refractivity contribution in [1.82, 2.24) is 4.98 Å². The highest BCUT2D eigenvalue weighted by molar-refractivity contribution is 6.28. The fourth-order valence-corrected chi connectivity index (χ4v) is 4.02. The number of amides is 2. The number of benzene rings is 1. The number of aromatic nitrogens is 1. The van der Waals surface area contributed by atoms with Crippen LogP contribution in [0.1, 0.15) is 54.4 Å². The van der Waals surface area contributed by atoms with Crippen molar-refractivity contribution in [1.29, 1.82) is 0 Å². The summed E-state index contributed by atoms with van der Waals surface area (Å²) in [6.07, 6.45) is 8.01. The van der Waals surface area contributed by atoms with Gasteiger partial charge in [0, 0.05) is 18.0 Å². The summed E-state index contributed by atoms with van der Waals surface area (Å²) in [6, 6.07) is 12.8. The average molecular weight is 361 g/mol. The molecule has 1 saturated carbocycles. The number of hydrogen-bond donors (Lipinski definition) is 0. The van der Waals surface area contributed by atoms with Crippen LogP contribution in [-0.4, -0.2) is 29.1 Å². The molecule has 1 aliphatic carbocycles. The maximum absolute atomic E-state index is 13.2. The summed E-state index contributed by atoms with van der Waals surface area (Å²) in [5.74, 6) is -0.298. The van der Waals surface area contributed by atoms with Gasteiger partial charge in [-0.05, 0) is 42.5 Å². The van der Waals surface area contributed by atoms with Gasteiger partial charge in [0.15, 0.2) is 0 Å². The van der Waals surface area contributed by atoms with Gasteiger partial charge in [0.1, 0.15) is 5.82 Å². The molecule has 1 aromatic heterocycles. The zero-order valence-corrected chi connectivity index (χ0v) is 15.4. The monoisotopic (exact) mass is 361 g/mol. The second kappa shape index (κ2) is 7.43. The topological polar surface area (TPSA) is 62.6 Å². The van der Waals surface area contributed by atoms with E-state index in [9.17, 15) is 9.59 Å². The SMILES string of the molecule is C[C@@H]1CCCC[C@H]1N=CC1C(=O)N(c2ccccn2)C(=O)c2ccccc21. The van der Waals surface area contributed by atoms with Gasteiger partial charge in [0.2, 0.25) is 5.91 Å². The number of hydrogen-bond acceptors (Lipinski definition) is 4. The summed E-state index contributed by atoms with van der Waals surface area (Å²) in [5, 5.41) is 0. The Balaban J connectivity index is 1.72. The highest BCUT2D eigenvalue weighted by atomic mass is 16.2. The van der Waals surface area contributed by atoms with Crippen molar-refractivity contribution in [2.45, 2.75) is 44.6 Å². The molecule has 2 heterocycles. The van der Waals surface area contributed by atoms with Crippen molar-refractivity contribution in [3.05, 3.63) is 59.8 Å². The smallest absolute Gasteiger partial charge is 0.266 e. The highest BCUT2D eigenvalue weighted by Gasteiger charge is 2.39. The molecule has 5 heteroatoms. The van der Waals surface area contributed by atoms with E-state index < -0.39 is 5.92 Å². The summed E-state index contributed by atoms with van der Waals surface area (Å²) in [4.78, 5) is 36.4. The van der Waals surface area contributed by atoms with E-state index in [1.807, 2.05) is 18.2 Å². The van der Waals surface area contributed by atoms with Crippen LogP contribution >= 0.6 is 0 Å². The first-order chi connectivity index (χ1) is 13.2. The molecular weight excluding hydrogens is 338 g/mol. The quantitative estimate of drug-likeness (QED) is 0.613. The molecule has 3 atom stereocenters. The Kier molecular flexibility index (Phi) is 4.84. The second-order valence-electron chi connectivity index (χ2n) is 7.36. The number of anilines is 1. The van der Waals surface area contributed by atoms with Gasteiger partial charge in [-0.2, -0.15) is 0 Å². The lowest BCUT2D eigenvalue weighted by Crippen LogP contribution is -2.46. The predicted octanol–water partition coefficient (Wildman–Crippen LogP) is 4.00. The zero-order valence-electron chi connectivity index (χ0n) is 15.4. The summed E-state index contributed by atoms with van der Waals surface area (Å²) in [7, 11) is 0. The third-order valence-electron chi connectivity index (χ3n) is 5.59. The molecule has 0 N–H and O–H groups in total. The Morgan fingerprint density at radius 3 is 2.63 bits per heavy atom. The number of rotatable bonds is 3. The Hall–Kier alpha value is -2.82. The van der Waals surface area contributed by atoms with Gasteiger partial charge in [-0.1, -0.05) is 44.0 Å². The Morgan fingerprint density at radius 2 is 1.85 bits per heavy atom. The number of carbonyl (C=O) groups excluding carboxylic acids is 2. The van der Waals surface area contributed by atoms with Gasteiger partial charge in [-0.15, -0.1) is 0 Å². The standard InChI is InChI=1S/C22H23N3O2/c1-15-8-2-5-11-19(15)24-14-18-16-9-3-4-10-17(16)21(26)25(22(18)27)20-12-6-7-13-23-20/h3-4,6-7,9-10,12-15,18-19H,2,5,8,11H2,1H3/t15-,18?,19-/m1/s1. The normalized spacial score (nSPS) is 25.7. The number of aliphatic imine (C=N–C) groups is 1. The number of carbonyl (C=O) groups is 2. The van der Waals surface area contributed by atoms with Gasteiger partial charge in [0.25, 0.3) is 5.91 Å². The summed E-state index contributed by atoms with van der Waals surface area (Å²) in [6.45, 7) is 2.22. The number of nitrogens with zero attached hydrogens (tertiary/aromatic N) is 3. The van der Waals surface area contributed by atoms with Crippen LogP contribution in [0.5, 0.6) is 0 Å². The molecular formula is C22H23N3O2. The van der Waals surface area contributed by atoms with Crippen LogP contribution in [0.4, 0.5) is 5.82 Å². The summed E-state index contributed by atoms with van der Waals surface area (Å²) >= 11 is 0. The molecule has 2 amide bonds. The summed E-state index contributed by atoms with van der Waals surface area (Å²) in [5.41, 5.74) is 1.27. The maximum Gasteiger partial charge on any atom is 0.266 e. The van der Waals surface area contributed by atoms with E-state index in [0.717, 1.165) is 12.0 Å². The van der Waals surface area contributed by atoms with E-state index in [1.165, 1.54) is 24.2 Å². The van der Waals surface area contributed by atoms with Gasteiger partial charge in [-0.25, -0.2) is 9.88 Å². The minimum Gasteiger partial charge on any atom is -0.293 e. The molecule has 1 aromatic carbocycles. The van der Waals surface area contributed by atoms with Gasteiger partial charge in [-0.3, -0.25) is 14.6 Å². The molecule has 1 aliphatic heterocycles. The molecule has 1 unspecified atom stereocenters. The van der Waals surface area contributed by atoms with Crippen molar-refractivity contribution in [2.75, 3.05) is 4.90 Å². The Labute approximate surface area is 159 Å². The number of fused-ring (bicyclic) bond motifs is 1. The van der Waals surface area contributed by atoms with E-state index >= 15 is 0 Å². The molecule has 0 spiro atoms. The van der Waals surface area contributed by atoms with Crippen LogP contribution in [0.15, 0.2) is 53.7 Å². The zero-order chi connectivity index (χ0) is 18.8. The van der Waals surface area contributed by atoms with E-state index in [-0.39, 0.29) is 17.9 Å². The predicted molar refractivity (Wildman–Crippen MR) is 105 cm³/mol. The molecule has 0 radical (unpaired) electrons. The third-order valence-corrected chi connectivity index (χ3v) is 5.59. The summed E-state index contributed by atoms with van der Waals surface area (Å²) < 4.78 is 0. The molecule has 2 aliphatic rings. The van der Waals surface area contributed by atoms with Gasteiger partial charge < -0.3 is 0 Å². The fraction of sp³-hybridized carbons (Fsp3) is 0.364. The lowest BCUT2D eigenvalue weighted by molar-refractivity contribution is -0.118. The average Bonchev–Trinajstić information content (AvgIpc) is 2.70. The molecule has 2 aromatic rings. The van der Waals surface area contributed by atoms with Crippen molar-refractivity contribution in [2.24, 2.45) is 10.9 Å². The van der Waals surface area contributed by atoms with Crippen LogP contribution in [0.2, 0.25) is 0 Å². The first-order valence-corrected chi connectivity index (χ1v) is 9.58. The van der Waals surface area contributed by atoms with Crippen molar-refractivity contribution < 1.29 is 9.59 Å². The minimum absolute atomic E-state index is 0.250. The van der Waals surface area contributed by atoms with Crippen LogP contribution in [0.25, 0.3) is 0 Å². The molecule has 138 valence electrons. The van der Waals surface area contributed by atoms with E-state index in [0.29, 0.717) is 17.3 Å². The van der Waals surface area contributed by atoms with Crippen molar-refractivity contribution >= 4 is 23.8 Å². The second-order valence-corrected chi connectivity index (χ2v) is 7.36. The third kappa shape index (κ3) is 3.29. The van der Waals surface area contributed by atoms with E-state index in [2.05, 4.69) is 11.9 Å². The van der Waals surface area contributed by atoms with Crippen molar-refractivity contribution in [3.63, 3.8) is 0 Å². The maximum atomic E-state index is 13.2. The van der Waals surface area contributed by atoms with Crippen LogP contribution in [-0.2, 0) is 4.79 Å². The molecule has 0 bridgehead atoms. The Morgan fingerprint density at radius 1 is 1.07 bits per heavy atom. The van der Waals surface area contributed by atoms with Gasteiger partial charge >= 0.3 is 0 Å².